The van der Waals surface area contributed by atoms with E-state index in [1.807, 2.05) is 11.5 Å². The number of aromatic nitrogens is 4. The fourth-order valence-electron chi connectivity index (χ4n) is 7.19. The zero-order valence-corrected chi connectivity index (χ0v) is 33.2. The summed E-state index contributed by atoms with van der Waals surface area (Å²) in [6.45, 7) is 22.9. The molecule has 13 heteroatoms. The van der Waals surface area contributed by atoms with Gasteiger partial charge < -0.3 is 19.1 Å². The highest BCUT2D eigenvalue weighted by Crippen LogP contribution is 2.60. The van der Waals surface area contributed by atoms with Gasteiger partial charge in [-0.05, 0) is 55.7 Å². The van der Waals surface area contributed by atoms with Crippen molar-refractivity contribution in [2.45, 2.75) is 104 Å². The number of ether oxygens (including phenoxy) is 3. The normalized spacial score (nSPS) is 21.9. The smallest absolute Gasteiger partial charge is 0.243 e. The van der Waals surface area contributed by atoms with Gasteiger partial charge >= 0.3 is 0 Å². The number of carbonyl (C=O) groups is 1. The van der Waals surface area contributed by atoms with E-state index in [9.17, 15) is 4.79 Å². The number of hydrogen-bond donors (Lipinski definition) is 0. The molecule has 0 radical (unpaired) electrons. The number of rotatable bonds is 14. The Hall–Kier alpha value is -2.43. The minimum Gasteiger partial charge on any atom is -0.379 e. The molecule has 2 aromatic heterocycles. The van der Waals surface area contributed by atoms with Crippen molar-refractivity contribution in [1.82, 2.24) is 24.2 Å². The molecule has 2 fully saturated rings. The third-order valence-corrected chi connectivity index (χ3v) is 14.2. The number of morpholine rings is 1. The molecule has 1 unspecified atom stereocenters. The Balaban J connectivity index is 1.36. The van der Waals surface area contributed by atoms with Crippen LogP contribution in [0.2, 0.25) is 51.4 Å². The minimum absolute atomic E-state index is 0.163. The van der Waals surface area contributed by atoms with Crippen LogP contribution >= 0.6 is 0 Å². The Morgan fingerprint density at radius 2 is 1.73 bits per heavy atom. The van der Waals surface area contributed by atoms with Crippen molar-refractivity contribution in [3.63, 3.8) is 0 Å². The van der Waals surface area contributed by atoms with Crippen LogP contribution in [0.15, 0.2) is 12.1 Å². The molecule has 0 spiro atoms. The van der Waals surface area contributed by atoms with Crippen molar-refractivity contribution in [1.29, 1.82) is 0 Å². The molecular weight excluding hydrogens is 656 g/mol. The minimum atomic E-state index is -1.31. The SMILES string of the molecule is CC(C(=O)N(C)c1cc2nc(-c3nn(COCC[Si](C)(C)C)c4c3C[C@@H]3C[C@]3(C)C4)n(COCC[Si](C)(C)C)c2cc1F)N1CCOCC1. The second-order valence-corrected chi connectivity index (χ2v) is 28.5. The van der Waals surface area contributed by atoms with Gasteiger partial charge in [0.1, 0.15) is 25.0 Å². The molecule has 1 aromatic carbocycles. The molecule has 10 nitrogen and oxygen atoms in total. The van der Waals surface area contributed by atoms with Crippen molar-refractivity contribution >= 4 is 38.8 Å². The molecule has 3 aromatic rings. The fourth-order valence-corrected chi connectivity index (χ4v) is 8.70. The lowest BCUT2D eigenvalue weighted by atomic mass is 9.87. The molecule has 1 aliphatic heterocycles. The van der Waals surface area contributed by atoms with E-state index >= 15 is 4.39 Å². The highest BCUT2D eigenvalue weighted by Gasteiger charge is 2.54. The van der Waals surface area contributed by atoms with Crippen LogP contribution < -0.4 is 4.90 Å². The summed E-state index contributed by atoms with van der Waals surface area (Å²) in [6, 6.07) is 4.95. The number of benzene rings is 1. The lowest BCUT2D eigenvalue weighted by Gasteiger charge is -2.33. The maximum Gasteiger partial charge on any atom is 0.243 e. The summed E-state index contributed by atoms with van der Waals surface area (Å²) in [4.78, 5) is 22.2. The van der Waals surface area contributed by atoms with Gasteiger partial charge in [-0.2, -0.15) is 5.10 Å². The monoisotopic (exact) mass is 712 g/mol. The average molecular weight is 713 g/mol. The van der Waals surface area contributed by atoms with E-state index in [4.69, 9.17) is 24.3 Å². The van der Waals surface area contributed by atoms with E-state index in [0.29, 0.717) is 67.8 Å². The molecule has 0 bridgehead atoms. The molecule has 1 amide bonds. The molecule has 6 rings (SSSR count). The molecule has 270 valence electrons. The van der Waals surface area contributed by atoms with E-state index in [0.717, 1.165) is 37.2 Å². The summed E-state index contributed by atoms with van der Waals surface area (Å²) in [7, 11) is -0.890. The summed E-state index contributed by atoms with van der Waals surface area (Å²) in [5, 5.41) is 5.19. The van der Waals surface area contributed by atoms with E-state index in [-0.39, 0.29) is 18.3 Å². The molecular formula is C36H57FN6O4Si2. The summed E-state index contributed by atoms with van der Waals surface area (Å²) >= 11 is 0. The third kappa shape index (κ3) is 8.07. The topological polar surface area (TPSA) is 86.9 Å². The van der Waals surface area contributed by atoms with Gasteiger partial charge in [0.25, 0.3) is 0 Å². The highest BCUT2D eigenvalue weighted by molar-refractivity contribution is 6.76. The zero-order valence-electron chi connectivity index (χ0n) is 31.2. The van der Waals surface area contributed by atoms with Crippen molar-refractivity contribution < 1.29 is 23.4 Å². The van der Waals surface area contributed by atoms with Crippen LogP contribution in [0.3, 0.4) is 0 Å². The van der Waals surface area contributed by atoms with E-state index < -0.39 is 28.0 Å². The second-order valence-electron chi connectivity index (χ2n) is 17.3. The van der Waals surface area contributed by atoms with Crippen LogP contribution in [-0.4, -0.2) is 98.9 Å². The van der Waals surface area contributed by atoms with Gasteiger partial charge in [0.05, 0.1) is 36.0 Å². The van der Waals surface area contributed by atoms with Crippen LogP contribution in [-0.2, 0) is 45.3 Å². The summed E-state index contributed by atoms with van der Waals surface area (Å²) < 4.78 is 38.1. The molecule has 3 heterocycles. The van der Waals surface area contributed by atoms with Crippen molar-refractivity contribution in [3.8, 4) is 11.5 Å². The quantitative estimate of drug-likeness (QED) is 0.140. The largest absolute Gasteiger partial charge is 0.379 e. The average Bonchev–Trinajstić information content (AvgIpc) is 3.42. The first-order chi connectivity index (χ1) is 23.0. The number of amides is 1. The van der Waals surface area contributed by atoms with Crippen molar-refractivity contribution in [2.24, 2.45) is 11.3 Å². The first-order valence-electron chi connectivity index (χ1n) is 18.1. The van der Waals surface area contributed by atoms with Crippen molar-refractivity contribution in [3.05, 3.63) is 29.2 Å². The first kappa shape index (κ1) is 36.4. The molecule has 49 heavy (non-hydrogen) atoms. The number of halogens is 1. The number of likely N-dealkylation sites (N-methyl/N-ethyl adjacent to an activating group) is 1. The van der Waals surface area contributed by atoms with Crippen LogP contribution in [0.25, 0.3) is 22.6 Å². The number of anilines is 1. The maximum absolute atomic E-state index is 16.1. The van der Waals surface area contributed by atoms with E-state index in [2.05, 4.69) is 55.8 Å². The Morgan fingerprint density at radius 1 is 1.08 bits per heavy atom. The summed E-state index contributed by atoms with van der Waals surface area (Å²) in [5.41, 5.74) is 5.05. The Kier molecular flexibility index (Phi) is 10.4. The molecule has 3 atom stereocenters. The van der Waals surface area contributed by atoms with Crippen LogP contribution in [0, 0.1) is 17.2 Å². The molecule has 1 saturated carbocycles. The predicted molar refractivity (Wildman–Crippen MR) is 198 cm³/mol. The molecule has 3 aliphatic rings. The van der Waals surface area contributed by atoms with Gasteiger partial charge in [0.2, 0.25) is 5.91 Å². The number of nitrogens with zero attached hydrogens (tertiary/aromatic N) is 6. The van der Waals surface area contributed by atoms with Gasteiger partial charge in [-0.15, -0.1) is 0 Å². The van der Waals surface area contributed by atoms with E-state index in [1.165, 1.54) is 28.6 Å². The number of hydrogen-bond acceptors (Lipinski definition) is 7. The highest BCUT2D eigenvalue weighted by atomic mass is 28.3. The van der Waals surface area contributed by atoms with Crippen molar-refractivity contribution in [2.75, 3.05) is 51.5 Å². The fraction of sp³-hybridized carbons (Fsp3) is 0.694. The lowest BCUT2D eigenvalue weighted by Crippen LogP contribution is -2.50. The number of fused-ring (bicyclic) bond motifs is 3. The first-order valence-corrected chi connectivity index (χ1v) is 25.5. The molecule has 1 saturated heterocycles. The summed E-state index contributed by atoms with van der Waals surface area (Å²) in [5.74, 6) is 0.678. The zero-order chi connectivity index (χ0) is 35.3. The Morgan fingerprint density at radius 3 is 2.39 bits per heavy atom. The molecule has 2 aliphatic carbocycles. The number of carbonyl (C=O) groups excluding carboxylic acids is 1. The Labute approximate surface area is 293 Å². The second kappa shape index (κ2) is 13.9. The van der Waals surface area contributed by atoms with Crippen LogP contribution in [0.5, 0.6) is 0 Å². The van der Waals surface area contributed by atoms with Gasteiger partial charge in [0.15, 0.2) is 5.82 Å². The van der Waals surface area contributed by atoms with Crippen LogP contribution in [0.4, 0.5) is 10.1 Å². The predicted octanol–water partition coefficient (Wildman–Crippen LogP) is 6.47. The maximum atomic E-state index is 16.1. The van der Waals surface area contributed by atoms with Gasteiger partial charge in [-0.1, -0.05) is 46.2 Å². The van der Waals surface area contributed by atoms with Crippen LogP contribution in [0.1, 0.15) is 31.5 Å². The standard InChI is InChI=1S/C36H57FN6O4Si2/c1-25(41-10-12-45-13-11-41)35(44)40(3)30-20-29-31(19-28(30)37)42(23-46-14-16-48(4,5)6)34(38-29)33-27-18-26-21-36(26,2)22-32(27)43(39-33)24-47-15-17-49(7,8)9/h19-20,25-26H,10-18,21-24H2,1-9H3/t25?,26-,36-/m1/s1. The number of imidazole rings is 1. The molecule has 0 N–H and O–H groups in total. The van der Waals surface area contributed by atoms with Gasteiger partial charge in [-0.3, -0.25) is 14.3 Å². The Bertz CT molecular complexity index is 1670. The van der Waals surface area contributed by atoms with Gasteiger partial charge in [0, 0.05) is 66.8 Å². The van der Waals surface area contributed by atoms with Gasteiger partial charge in [-0.25, -0.2) is 14.1 Å². The lowest BCUT2D eigenvalue weighted by molar-refractivity contribution is -0.124. The third-order valence-electron chi connectivity index (χ3n) is 10.8. The summed E-state index contributed by atoms with van der Waals surface area (Å²) in [6.07, 6.45) is 3.13. The van der Waals surface area contributed by atoms with E-state index in [1.54, 1.807) is 13.1 Å².